The molecule has 0 aliphatic rings. The van der Waals surface area contributed by atoms with Gasteiger partial charge in [0.1, 0.15) is 5.69 Å². The van der Waals surface area contributed by atoms with E-state index in [9.17, 15) is 9.90 Å². The molecule has 124 valence electrons. The van der Waals surface area contributed by atoms with Crippen LogP contribution in [-0.2, 0) is 6.54 Å². The molecule has 0 radical (unpaired) electrons. The molecule has 0 aliphatic heterocycles. The number of hydrogen-bond acceptors (Lipinski definition) is 8. The maximum atomic E-state index is 11.5. The van der Waals surface area contributed by atoms with E-state index in [4.69, 9.17) is 5.73 Å². The lowest BCUT2D eigenvalue weighted by Crippen LogP contribution is -2.25. The Morgan fingerprint density at radius 2 is 2.08 bits per heavy atom. The number of aromatic carboxylic acids is 1. The highest BCUT2D eigenvalue weighted by Gasteiger charge is 2.25. The van der Waals surface area contributed by atoms with E-state index >= 15 is 0 Å². The largest absolute Gasteiger partial charge is 0.476 e. The zero-order valence-corrected chi connectivity index (χ0v) is 12.8. The first kappa shape index (κ1) is 15.5. The number of nitrogens with two attached hydrogens (primary N) is 1. The zero-order chi connectivity index (χ0) is 17.1. The van der Waals surface area contributed by atoms with E-state index in [2.05, 4.69) is 25.3 Å². The van der Waals surface area contributed by atoms with Crippen LogP contribution in [0.25, 0.3) is 5.82 Å². The van der Waals surface area contributed by atoms with E-state index in [-0.39, 0.29) is 23.9 Å². The maximum absolute atomic E-state index is 11.5. The number of carboxylic acids is 1. The molecule has 0 fully saturated rings. The summed E-state index contributed by atoms with van der Waals surface area (Å²) in [7, 11) is 0. The van der Waals surface area contributed by atoms with Crippen molar-refractivity contribution in [1.82, 2.24) is 25.3 Å². The summed E-state index contributed by atoms with van der Waals surface area (Å²) in [6, 6.07) is 9.60. The van der Waals surface area contributed by atoms with Gasteiger partial charge in [0, 0.05) is 12.2 Å². The Balaban J connectivity index is 2.04. The van der Waals surface area contributed by atoms with Crippen molar-refractivity contribution in [3.05, 3.63) is 41.7 Å². The second-order valence-electron chi connectivity index (χ2n) is 4.92. The third-order valence-electron chi connectivity index (χ3n) is 3.51. The Hall–Kier alpha value is -3.43. The van der Waals surface area contributed by atoms with Crippen molar-refractivity contribution < 1.29 is 14.5 Å². The van der Waals surface area contributed by atoms with Crippen LogP contribution in [0, 0.1) is 0 Å². The van der Waals surface area contributed by atoms with Crippen LogP contribution in [0.15, 0.2) is 35.0 Å². The number of rotatable bonds is 6. The summed E-state index contributed by atoms with van der Waals surface area (Å²) in [6.07, 6.45) is 0. The Morgan fingerprint density at radius 3 is 2.67 bits per heavy atom. The number of aromatic nitrogens is 5. The first-order chi connectivity index (χ1) is 11.6. The lowest BCUT2D eigenvalue weighted by Gasteiger charge is -2.23. The summed E-state index contributed by atoms with van der Waals surface area (Å²) in [5, 5.41) is 24.1. The van der Waals surface area contributed by atoms with Gasteiger partial charge in [-0.3, -0.25) is 0 Å². The van der Waals surface area contributed by atoms with Crippen molar-refractivity contribution in [3.63, 3.8) is 0 Å². The summed E-state index contributed by atoms with van der Waals surface area (Å²) in [5.41, 5.74) is 6.78. The van der Waals surface area contributed by atoms with Crippen LogP contribution in [0.3, 0.4) is 0 Å². The fourth-order valence-corrected chi connectivity index (χ4v) is 2.32. The highest BCUT2D eigenvalue weighted by Crippen LogP contribution is 2.21. The van der Waals surface area contributed by atoms with Gasteiger partial charge in [-0.05, 0) is 29.4 Å². The minimum absolute atomic E-state index is 0.000786. The van der Waals surface area contributed by atoms with Gasteiger partial charge >= 0.3 is 5.97 Å². The Labute approximate surface area is 136 Å². The first-order valence-electron chi connectivity index (χ1n) is 7.18. The number of anilines is 2. The molecular weight excluding hydrogens is 314 g/mol. The molecule has 1 aromatic carbocycles. The normalized spacial score (nSPS) is 10.7. The summed E-state index contributed by atoms with van der Waals surface area (Å²) < 4.78 is 5.80. The van der Waals surface area contributed by atoms with Crippen LogP contribution >= 0.6 is 0 Å². The van der Waals surface area contributed by atoms with Crippen LogP contribution in [0.4, 0.5) is 11.5 Å². The van der Waals surface area contributed by atoms with Crippen molar-refractivity contribution in [2.24, 2.45) is 0 Å². The topological polar surface area (TPSA) is 136 Å². The molecule has 3 rings (SSSR count). The molecule has 0 aliphatic carbocycles. The molecule has 3 N–H and O–H groups in total. The predicted octanol–water partition coefficient (Wildman–Crippen LogP) is 0.957. The number of hydrogen-bond donors (Lipinski definition) is 2. The number of carbonyl (C=O) groups is 1. The van der Waals surface area contributed by atoms with Crippen LogP contribution < -0.4 is 10.6 Å². The lowest BCUT2D eigenvalue weighted by atomic mass is 10.2. The SMILES string of the molecule is CCN(Cc1c(C(=O)O)nnn1-c1nonc1N)c1ccccc1. The number of nitrogen functional groups attached to an aromatic ring is 1. The number of benzene rings is 1. The molecule has 0 spiro atoms. The molecule has 0 saturated heterocycles. The number of carboxylic acid groups (broad SMARTS) is 1. The van der Waals surface area contributed by atoms with Crippen molar-refractivity contribution in [1.29, 1.82) is 0 Å². The van der Waals surface area contributed by atoms with Gasteiger partial charge in [-0.2, -0.15) is 4.68 Å². The van der Waals surface area contributed by atoms with Gasteiger partial charge in [-0.1, -0.05) is 23.4 Å². The molecule has 3 aromatic rings. The summed E-state index contributed by atoms with van der Waals surface area (Å²) in [5.74, 6) is -1.08. The van der Waals surface area contributed by atoms with E-state index in [0.29, 0.717) is 12.2 Å². The standard InChI is InChI=1S/C14H15N7O3/c1-2-20(9-6-4-3-5-7-9)8-10-11(14(22)23)16-19-21(10)13-12(15)17-24-18-13/h3-7H,2,8H2,1H3,(H2,15,17)(H,22,23). The quantitative estimate of drug-likeness (QED) is 0.677. The third kappa shape index (κ3) is 2.76. The van der Waals surface area contributed by atoms with Gasteiger partial charge in [0.25, 0.3) is 0 Å². The third-order valence-corrected chi connectivity index (χ3v) is 3.51. The molecule has 0 saturated carbocycles. The van der Waals surface area contributed by atoms with Crippen molar-refractivity contribution in [2.75, 3.05) is 17.2 Å². The van der Waals surface area contributed by atoms with Gasteiger partial charge in [-0.25, -0.2) is 9.42 Å². The second kappa shape index (κ2) is 6.36. The van der Waals surface area contributed by atoms with Crippen molar-refractivity contribution in [3.8, 4) is 5.82 Å². The van der Waals surface area contributed by atoms with Crippen LogP contribution in [0.5, 0.6) is 0 Å². The zero-order valence-electron chi connectivity index (χ0n) is 12.8. The molecule has 2 heterocycles. The summed E-state index contributed by atoms with van der Waals surface area (Å²) in [4.78, 5) is 13.4. The van der Waals surface area contributed by atoms with E-state index in [1.54, 1.807) is 0 Å². The van der Waals surface area contributed by atoms with Crippen LogP contribution in [0.2, 0.25) is 0 Å². The molecule has 0 amide bonds. The molecule has 0 atom stereocenters. The predicted molar refractivity (Wildman–Crippen MR) is 83.8 cm³/mol. The molecule has 10 nitrogen and oxygen atoms in total. The Morgan fingerprint density at radius 1 is 1.33 bits per heavy atom. The Bertz CT molecular complexity index is 843. The van der Waals surface area contributed by atoms with Gasteiger partial charge < -0.3 is 15.7 Å². The average molecular weight is 329 g/mol. The Kier molecular flexibility index (Phi) is 4.10. The first-order valence-corrected chi connectivity index (χ1v) is 7.18. The van der Waals surface area contributed by atoms with Gasteiger partial charge in [0.2, 0.25) is 11.6 Å². The molecule has 0 bridgehead atoms. The van der Waals surface area contributed by atoms with Crippen molar-refractivity contribution in [2.45, 2.75) is 13.5 Å². The maximum Gasteiger partial charge on any atom is 0.358 e. The minimum atomic E-state index is -1.18. The van der Waals surface area contributed by atoms with E-state index < -0.39 is 5.97 Å². The van der Waals surface area contributed by atoms with Gasteiger partial charge in [0.05, 0.1) is 6.54 Å². The van der Waals surface area contributed by atoms with E-state index in [1.165, 1.54) is 4.68 Å². The molecule has 2 aromatic heterocycles. The summed E-state index contributed by atoms with van der Waals surface area (Å²) >= 11 is 0. The van der Waals surface area contributed by atoms with Gasteiger partial charge in [0.15, 0.2) is 5.69 Å². The second-order valence-corrected chi connectivity index (χ2v) is 4.92. The summed E-state index contributed by atoms with van der Waals surface area (Å²) in [6.45, 7) is 2.87. The number of nitrogens with zero attached hydrogens (tertiary/aromatic N) is 6. The lowest BCUT2D eigenvalue weighted by molar-refractivity contribution is 0.0689. The van der Waals surface area contributed by atoms with E-state index in [0.717, 1.165) is 5.69 Å². The average Bonchev–Trinajstić information content (AvgIpc) is 3.19. The highest BCUT2D eigenvalue weighted by molar-refractivity contribution is 5.86. The molecule has 10 heteroatoms. The van der Waals surface area contributed by atoms with E-state index in [1.807, 2.05) is 42.2 Å². The fraction of sp³-hybridized carbons (Fsp3) is 0.214. The van der Waals surface area contributed by atoms with Crippen LogP contribution in [-0.4, -0.2) is 42.9 Å². The number of para-hydroxylation sites is 1. The highest BCUT2D eigenvalue weighted by atomic mass is 16.6. The van der Waals surface area contributed by atoms with Crippen molar-refractivity contribution >= 4 is 17.5 Å². The molecule has 24 heavy (non-hydrogen) atoms. The van der Waals surface area contributed by atoms with Crippen LogP contribution in [0.1, 0.15) is 23.1 Å². The smallest absolute Gasteiger partial charge is 0.358 e. The fourth-order valence-electron chi connectivity index (χ4n) is 2.32. The van der Waals surface area contributed by atoms with Gasteiger partial charge in [-0.15, -0.1) is 5.10 Å². The minimum Gasteiger partial charge on any atom is -0.476 e. The molecule has 0 unspecified atom stereocenters. The monoisotopic (exact) mass is 329 g/mol. The molecular formula is C14H15N7O3.